The quantitative estimate of drug-likeness (QED) is 0.235. The van der Waals surface area contributed by atoms with E-state index in [4.69, 9.17) is 25.8 Å². The normalized spacial score (nSPS) is 19.8. The summed E-state index contributed by atoms with van der Waals surface area (Å²) in [4.78, 5) is 16.5. The predicted molar refractivity (Wildman–Crippen MR) is 171 cm³/mol. The average molecular weight is 589 g/mol. The van der Waals surface area contributed by atoms with E-state index in [1.807, 2.05) is 26.0 Å². The van der Waals surface area contributed by atoms with Gasteiger partial charge in [-0.3, -0.25) is 4.79 Å². The van der Waals surface area contributed by atoms with Crippen LogP contribution in [0.3, 0.4) is 0 Å². The van der Waals surface area contributed by atoms with Gasteiger partial charge in [0.05, 0.1) is 32.3 Å². The zero-order chi connectivity index (χ0) is 29.8. The van der Waals surface area contributed by atoms with E-state index >= 15 is 0 Å². The Morgan fingerprint density at radius 3 is 2.29 bits per heavy atom. The molecule has 3 aromatic carbocycles. The van der Waals surface area contributed by atoms with Crippen molar-refractivity contribution in [2.75, 3.05) is 37.6 Å². The van der Waals surface area contributed by atoms with Gasteiger partial charge in [0, 0.05) is 36.2 Å². The molecular weight excluding hydrogens is 548 g/mol. The highest BCUT2D eigenvalue weighted by Gasteiger charge is 2.30. The third-order valence-electron chi connectivity index (χ3n) is 8.41. The smallest absolute Gasteiger partial charge is 0.308 e. The summed E-state index contributed by atoms with van der Waals surface area (Å²) in [6, 6.07) is 20.9. The van der Waals surface area contributed by atoms with Crippen molar-refractivity contribution < 1.29 is 19.0 Å². The SMILES string of the molecule is COC(=O)C1CCC(CN(C)c2ccc(N3C=Cc4cc(OC)c(OC(C)C)cc4[C@@H]3c3ccc(Cl)cc3)cc2)CC1. The van der Waals surface area contributed by atoms with E-state index < -0.39 is 0 Å². The summed E-state index contributed by atoms with van der Waals surface area (Å²) in [6.45, 7) is 5.01. The van der Waals surface area contributed by atoms with Crippen molar-refractivity contribution in [3.05, 3.63) is 88.6 Å². The third-order valence-corrected chi connectivity index (χ3v) is 8.66. The number of halogens is 1. The average Bonchev–Trinajstić information content (AvgIpc) is 3.00. The molecule has 42 heavy (non-hydrogen) atoms. The molecule has 6 nitrogen and oxygen atoms in total. The molecule has 0 spiro atoms. The van der Waals surface area contributed by atoms with Crippen LogP contribution in [0.1, 0.15) is 62.3 Å². The van der Waals surface area contributed by atoms with E-state index in [1.54, 1.807) is 7.11 Å². The van der Waals surface area contributed by atoms with Gasteiger partial charge in [0.25, 0.3) is 0 Å². The lowest BCUT2D eigenvalue weighted by molar-refractivity contribution is -0.146. The molecule has 5 rings (SSSR count). The minimum Gasteiger partial charge on any atom is -0.493 e. The Morgan fingerprint density at radius 1 is 0.976 bits per heavy atom. The van der Waals surface area contributed by atoms with Crippen LogP contribution < -0.4 is 19.3 Å². The highest BCUT2D eigenvalue weighted by Crippen LogP contribution is 2.44. The summed E-state index contributed by atoms with van der Waals surface area (Å²) in [5.41, 5.74) is 5.64. The topological polar surface area (TPSA) is 51.2 Å². The van der Waals surface area contributed by atoms with Crippen molar-refractivity contribution in [1.82, 2.24) is 0 Å². The number of carbonyl (C=O) groups excluding carboxylic acids is 1. The summed E-state index contributed by atoms with van der Waals surface area (Å²) in [7, 11) is 5.31. The van der Waals surface area contributed by atoms with Crippen molar-refractivity contribution in [2.24, 2.45) is 11.8 Å². The number of methoxy groups -OCH3 is 2. The summed E-state index contributed by atoms with van der Waals surface area (Å²) < 4.78 is 16.8. The van der Waals surface area contributed by atoms with Gasteiger partial charge < -0.3 is 24.0 Å². The number of hydrogen-bond acceptors (Lipinski definition) is 6. The fourth-order valence-corrected chi connectivity index (χ4v) is 6.34. The molecule has 2 aliphatic rings. The van der Waals surface area contributed by atoms with Gasteiger partial charge in [-0.05, 0) is 117 Å². The second kappa shape index (κ2) is 13.1. The fraction of sp³-hybridized carbons (Fsp3) is 0.400. The van der Waals surface area contributed by atoms with Crippen molar-refractivity contribution in [1.29, 1.82) is 0 Å². The second-order valence-electron chi connectivity index (χ2n) is 11.6. The molecule has 0 bridgehead atoms. The number of ether oxygens (including phenoxy) is 3. The van der Waals surface area contributed by atoms with E-state index in [0.29, 0.717) is 10.9 Å². The number of nitrogens with zero attached hydrogens (tertiary/aromatic N) is 2. The fourth-order valence-electron chi connectivity index (χ4n) is 6.21. The van der Waals surface area contributed by atoms with Crippen molar-refractivity contribution in [3.8, 4) is 11.5 Å². The van der Waals surface area contributed by atoms with Gasteiger partial charge >= 0.3 is 5.97 Å². The molecule has 1 fully saturated rings. The largest absolute Gasteiger partial charge is 0.493 e. The Kier molecular flexibility index (Phi) is 9.32. The number of benzene rings is 3. The first-order chi connectivity index (χ1) is 20.3. The lowest BCUT2D eigenvalue weighted by Gasteiger charge is -2.36. The first kappa shape index (κ1) is 29.8. The second-order valence-corrected chi connectivity index (χ2v) is 12.0. The predicted octanol–water partition coefficient (Wildman–Crippen LogP) is 8.13. The Bertz CT molecular complexity index is 1400. The van der Waals surface area contributed by atoms with Crippen molar-refractivity contribution in [3.63, 3.8) is 0 Å². The molecule has 0 radical (unpaired) electrons. The van der Waals surface area contributed by atoms with Crippen LogP contribution in [-0.4, -0.2) is 39.9 Å². The third kappa shape index (κ3) is 6.54. The van der Waals surface area contributed by atoms with E-state index in [2.05, 4.69) is 77.7 Å². The maximum atomic E-state index is 11.9. The first-order valence-electron chi connectivity index (χ1n) is 14.8. The van der Waals surface area contributed by atoms with Crippen LogP contribution in [0.15, 0.2) is 66.9 Å². The zero-order valence-corrected chi connectivity index (χ0v) is 25.9. The van der Waals surface area contributed by atoms with Gasteiger partial charge in [0.2, 0.25) is 0 Å². The summed E-state index contributed by atoms with van der Waals surface area (Å²) in [5, 5.41) is 0.710. The number of rotatable bonds is 9. The number of esters is 1. The molecule has 1 atom stereocenters. The molecule has 1 aliphatic carbocycles. The maximum Gasteiger partial charge on any atom is 0.308 e. The van der Waals surface area contributed by atoms with E-state index in [-0.39, 0.29) is 24.0 Å². The highest BCUT2D eigenvalue weighted by molar-refractivity contribution is 6.30. The number of anilines is 2. The number of fused-ring (bicyclic) bond motifs is 1. The van der Waals surface area contributed by atoms with Crippen LogP contribution in [-0.2, 0) is 9.53 Å². The first-order valence-corrected chi connectivity index (χ1v) is 15.1. The molecule has 1 saturated carbocycles. The van der Waals surface area contributed by atoms with Crippen LogP contribution in [0.25, 0.3) is 6.08 Å². The summed E-state index contributed by atoms with van der Waals surface area (Å²) >= 11 is 6.28. The standard InChI is InChI=1S/C35H41ClN2O4/c1-23(2)42-33-21-31-27(20-32(33)40-4)18-19-38(34(31)25-10-12-28(36)13-11-25)30-16-14-29(15-17-30)37(3)22-24-6-8-26(9-7-24)35(39)41-5/h10-21,23-24,26,34H,6-9,22H2,1-5H3/t24?,26?,34-/m0/s1. The summed E-state index contributed by atoms with van der Waals surface area (Å²) in [5.74, 6) is 2.03. The minimum absolute atomic E-state index is 0.0218. The molecule has 0 unspecified atom stereocenters. The monoisotopic (exact) mass is 588 g/mol. The van der Waals surface area contributed by atoms with Gasteiger partial charge in [-0.15, -0.1) is 0 Å². The molecule has 0 amide bonds. The highest BCUT2D eigenvalue weighted by atomic mass is 35.5. The molecular formula is C35H41ClN2O4. The molecule has 0 aromatic heterocycles. The van der Waals surface area contributed by atoms with Crippen LogP contribution in [0, 0.1) is 11.8 Å². The zero-order valence-electron chi connectivity index (χ0n) is 25.2. The molecule has 1 aliphatic heterocycles. The Morgan fingerprint density at radius 2 is 1.67 bits per heavy atom. The van der Waals surface area contributed by atoms with Gasteiger partial charge in [0.1, 0.15) is 0 Å². The Balaban J connectivity index is 1.39. The minimum atomic E-state index is -0.0729. The Labute approximate surface area is 254 Å². The molecule has 0 saturated heterocycles. The molecule has 1 heterocycles. The summed E-state index contributed by atoms with van der Waals surface area (Å²) in [6.07, 6.45) is 8.22. The Hall–Kier alpha value is -3.64. The van der Waals surface area contributed by atoms with Crippen LogP contribution in [0.5, 0.6) is 11.5 Å². The van der Waals surface area contributed by atoms with Crippen molar-refractivity contribution >= 4 is 35.0 Å². The lowest BCUT2D eigenvalue weighted by Crippen LogP contribution is -2.30. The van der Waals surface area contributed by atoms with E-state index in [0.717, 1.165) is 66.1 Å². The van der Waals surface area contributed by atoms with Crippen molar-refractivity contribution in [2.45, 2.75) is 51.7 Å². The van der Waals surface area contributed by atoms with Gasteiger partial charge in [0.15, 0.2) is 11.5 Å². The van der Waals surface area contributed by atoms with Crippen LogP contribution >= 0.6 is 11.6 Å². The van der Waals surface area contributed by atoms with Gasteiger partial charge in [-0.2, -0.15) is 0 Å². The lowest BCUT2D eigenvalue weighted by atomic mass is 9.82. The molecule has 222 valence electrons. The van der Waals surface area contributed by atoms with Crippen LogP contribution in [0.4, 0.5) is 11.4 Å². The van der Waals surface area contributed by atoms with E-state index in [9.17, 15) is 4.79 Å². The molecule has 0 N–H and O–H groups in total. The number of carbonyl (C=O) groups is 1. The maximum absolute atomic E-state index is 11.9. The molecule has 3 aromatic rings. The van der Waals surface area contributed by atoms with Crippen LogP contribution in [0.2, 0.25) is 5.02 Å². The molecule has 7 heteroatoms. The van der Waals surface area contributed by atoms with Gasteiger partial charge in [-0.25, -0.2) is 0 Å². The van der Waals surface area contributed by atoms with Gasteiger partial charge in [-0.1, -0.05) is 23.7 Å². The van der Waals surface area contributed by atoms with E-state index in [1.165, 1.54) is 12.8 Å². The number of hydrogen-bond donors (Lipinski definition) is 0.